The first-order valence-electron chi connectivity index (χ1n) is 6.40. The van der Waals surface area contributed by atoms with Crippen LogP contribution >= 0.6 is 0 Å². The standard InChI is InChI=1S/C15H28N.HI/c1-13-9-7-11-15(2,3)14(13)10-8-12-16(4,5)6;/h8,10H,7,9,11-12H2,1-6H3;1H/q+1;/p-1. The second-order valence-corrected chi connectivity index (χ2v) is 6.81. The van der Waals surface area contributed by atoms with Crippen LogP contribution in [-0.4, -0.2) is 32.2 Å². The second kappa shape index (κ2) is 6.37. The number of likely N-dealkylation sites (N-methyl/N-ethyl adjacent to an activating group) is 1. The van der Waals surface area contributed by atoms with E-state index in [0.717, 1.165) is 11.0 Å². The molecule has 0 fully saturated rings. The van der Waals surface area contributed by atoms with E-state index in [1.54, 1.807) is 11.1 Å². The summed E-state index contributed by atoms with van der Waals surface area (Å²) >= 11 is 0. The summed E-state index contributed by atoms with van der Waals surface area (Å²) in [6.07, 6.45) is 8.68. The molecule has 1 rings (SSSR count). The molecular formula is C15H28IN. The minimum Gasteiger partial charge on any atom is -1.00 e. The summed E-state index contributed by atoms with van der Waals surface area (Å²) in [5, 5.41) is 0. The molecule has 0 saturated heterocycles. The Morgan fingerprint density at radius 2 is 1.82 bits per heavy atom. The van der Waals surface area contributed by atoms with Crippen molar-refractivity contribution in [2.75, 3.05) is 27.7 Å². The maximum absolute atomic E-state index is 2.38. The number of hydrogen-bond donors (Lipinski definition) is 0. The third-order valence-electron chi connectivity index (χ3n) is 3.48. The van der Waals surface area contributed by atoms with E-state index in [1.165, 1.54) is 19.3 Å². The topological polar surface area (TPSA) is 0 Å². The molecule has 0 N–H and O–H groups in total. The largest absolute Gasteiger partial charge is 1.00 e. The summed E-state index contributed by atoms with van der Waals surface area (Å²) in [6.45, 7) is 8.15. The van der Waals surface area contributed by atoms with Crippen LogP contribution in [0.5, 0.6) is 0 Å². The van der Waals surface area contributed by atoms with E-state index in [4.69, 9.17) is 0 Å². The maximum atomic E-state index is 2.38. The van der Waals surface area contributed by atoms with Crippen molar-refractivity contribution in [3.05, 3.63) is 23.3 Å². The fourth-order valence-electron chi connectivity index (χ4n) is 2.50. The highest BCUT2D eigenvalue weighted by Crippen LogP contribution is 2.40. The molecule has 100 valence electrons. The van der Waals surface area contributed by atoms with Gasteiger partial charge in [0.1, 0.15) is 0 Å². The van der Waals surface area contributed by atoms with Crippen LogP contribution in [0.15, 0.2) is 23.3 Å². The molecule has 1 nitrogen and oxygen atoms in total. The van der Waals surface area contributed by atoms with Crippen molar-refractivity contribution in [3.8, 4) is 0 Å². The lowest BCUT2D eigenvalue weighted by molar-refractivity contribution is -0.864. The Hall–Kier alpha value is 0.170. The fourth-order valence-corrected chi connectivity index (χ4v) is 2.50. The van der Waals surface area contributed by atoms with Crippen molar-refractivity contribution in [1.82, 2.24) is 0 Å². The number of rotatable bonds is 3. The van der Waals surface area contributed by atoms with Crippen molar-refractivity contribution in [2.24, 2.45) is 5.41 Å². The van der Waals surface area contributed by atoms with Gasteiger partial charge in [-0.15, -0.1) is 0 Å². The van der Waals surface area contributed by atoms with Crippen molar-refractivity contribution in [1.29, 1.82) is 0 Å². The molecule has 1 aliphatic carbocycles. The van der Waals surface area contributed by atoms with E-state index < -0.39 is 0 Å². The molecule has 0 atom stereocenters. The van der Waals surface area contributed by atoms with Crippen LogP contribution in [0.2, 0.25) is 0 Å². The highest BCUT2D eigenvalue weighted by Gasteiger charge is 2.26. The number of allylic oxidation sites excluding steroid dienone is 3. The molecule has 1 aliphatic rings. The van der Waals surface area contributed by atoms with Gasteiger partial charge in [-0.05, 0) is 43.3 Å². The zero-order chi connectivity index (χ0) is 12.4. The molecule has 0 aromatic rings. The summed E-state index contributed by atoms with van der Waals surface area (Å²) in [7, 11) is 6.70. The molecule has 0 spiro atoms. The SMILES string of the molecule is CC1=C(C=CC[N+](C)(C)C)C(C)(C)CCC1.[I-]. The Balaban J connectivity index is 0.00000256. The predicted molar refractivity (Wildman–Crippen MR) is 72.4 cm³/mol. The third-order valence-corrected chi connectivity index (χ3v) is 3.48. The molecule has 0 bridgehead atoms. The molecule has 0 aromatic heterocycles. The summed E-state index contributed by atoms with van der Waals surface area (Å²) in [6, 6.07) is 0. The van der Waals surface area contributed by atoms with Crippen LogP contribution in [0.4, 0.5) is 0 Å². The lowest BCUT2D eigenvalue weighted by Gasteiger charge is -2.33. The molecule has 0 aromatic carbocycles. The average molecular weight is 349 g/mol. The molecule has 0 radical (unpaired) electrons. The van der Waals surface area contributed by atoms with Gasteiger partial charge in [-0.2, -0.15) is 0 Å². The zero-order valence-corrected chi connectivity index (χ0v) is 14.5. The van der Waals surface area contributed by atoms with Crippen LogP contribution in [0.3, 0.4) is 0 Å². The van der Waals surface area contributed by atoms with Gasteiger partial charge in [0.15, 0.2) is 0 Å². The van der Waals surface area contributed by atoms with Crippen LogP contribution < -0.4 is 24.0 Å². The van der Waals surface area contributed by atoms with E-state index >= 15 is 0 Å². The van der Waals surface area contributed by atoms with Crippen molar-refractivity contribution < 1.29 is 28.5 Å². The van der Waals surface area contributed by atoms with Gasteiger partial charge in [-0.25, -0.2) is 0 Å². The molecular weight excluding hydrogens is 321 g/mol. The van der Waals surface area contributed by atoms with Gasteiger partial charge in [-0.1, -0.05) is 25.5 Å². The Morgan fingerprint density at radius 1 is 1.24 bits per heavy atom. The predicted octanol–water partition coefficient (Wildman–Crippen LogP) is 0.779. The molecule has 0 heterocycles. The summed E-state index contributed by atoms with van der Waals surface area (Å²) < 4.78 is 1.00. The zero-order valence-electron chi connectivity index (χ0n) is 12.3. The minimum absolute atomic E-state index is 0. The minimum atomic E-state index is 0. The van der Waals surface area contributed by atoms with Gasteiger partial charge in [0, 0.05) is 0 Å². The van der Waals surface area contributed by atoms with Crippen molar-refractivity contribution in [3.63, 3.8) is 0 Å². The Bertz CT molecular complexity index is 305. The Morgan fingerprint density at radius 3 is 2.29 bits per heavy atom. The van der Waals surface area contributed by atoms with Crippen molar-refractivity contribution >= 4 is 0 Å². The highest BCUT2D eigenvalue weighted by atomic mass is 127. The molecule has 0 unspecified atom stereocenters. The molecule has 17 heavy (non-hydrogen) atoms. The smallest absolute Gasteiger partial charge is 0.0970 e. The van der Waals surface area contributed by atoms with Gasteiger partial charge in [0.05, 0.1) is 27.7 Å². The lowest BCUT2D eigenvalue weighted by Crippen LogP contribution is -3.00. The van der Waals surface area contributed by atoms with E-state index in [9.17, 15) is 0 Å². The van der Waals surface area contributed by atoms with Gasteiger partial charge in [0.2, 0.25) is 0 Å². The van der Waals surface area contributed by atoms with Gasteiger partial charge < -0.3 is 28.5 Å². The first-order chi connectivity index (χ1) is 7.22. The lowest BCUT2D eigenvalue weighted by atomic mass is 9.72. The first-order valence-corrected chi connectivity index (χ1v) is 6.40. The summed E-state index contributed by atoms with van der Waals surface area (Å²) in [5.74, 6) is 0. The van der Waals surface area contributed by atoms with Gasteiger partial charge in [-0.3, -0.25) is 0 Å². The van der Waals surface area contributed by atoms with Gasteiger partial charge >= 0.3 is 0 Å². The maximum Gasteiger partial charge on any atom is 0.0970 e. The monoisotopic (exact) mass is 349 g/mol. The van der Waals surface area contributed by atoms with Crippen LogP contribution in [-0.2, 0) is 0 Å². The normalized spacial score (nSPS) is 20.6. The number of quaternary nitrogens is 1. The third kappa shape index (κ3) is 5.56. The van der Waals surface area contributed by atoms with Crippen LogP contribution in [0.25, 0.3) is 0 Å². The number of nitrogens with zero attached hydrogens (tertiary/aromatic N) is 1. The van der Waals surface area contributed by atoms with Crippen LogP contribution in [0, 0.1) is 5.41 Å². The Labute approximate surface area is 125 Å². The van der Waals surface area contributed by atoms with E-state index in [-0.39, 0.29) is 24.0 Å². The van der Waals surface area contributed by atoms with E-state index in [1.807, 2.05) is 0 Å². The molecule has 0 saturated carbocycles. The molecule has 2 heteroatoms. The quantitative estimate of drug-likeness (QED) is 0.522. The summed E-state index contributed by atoms with van der Waals surface area (Å²) in [4.78, 5) is 0. The molecule has 0 aliphatic heterocycles. The van der Waals surface area contributed by atoms with Crippen molar-refractivity contribution in [2.45, 2.75) is 40.0 Å². The number of halogens is 1. The second-order valence-electron chi connectivity index (χ2n) is 6.81. The van der Waals surface area contributed by atoms with E-state index in [0.29, 0.717) is 5.41 Å². The van der Waals surface area contributed by atoms with E-state index in [2.05, 4.69) is 54.1 Å². The molecule has 0 amide bonds. The first kappa shape index (κ1) is 17.2. The number of hydrogen-bond acceptors (Lipinski definition) is 0. The summed E-state index contributed by atoms with van der Waals surface area (Å²) in [5.41, 5.74) is 3.55. The Kier molecular flexibility index (Phi) is 6.43. The fraction of sp³-hybridized carbons (Fsp3) is 0.733. The van der Waals surface area contributed by atoms with Gasteiger partial charge in [0.25, 0.3) is 0 Å². The highest BCUT2D eigenvalue weighted by molar-refractivity contribution is 5.32. The van der Waals surface area contributed by atoms with Crippen LogP contribution in [0.1, 0.15) is 40.0 Å². The average Bonchev–Trinajstić information content (AvgIpc) is 2.07.